The Morgan fingerprint density at radius 3 is 1.80 bits per heavy atom. The quantitative estimate of drug-likeness (QED) is 0.0101. The Hall–Kier alpha value is 3.17. The van der Waals surface area contributed by atoms with Crippen molar-refractivity contribution in [2.24, 2.45) is 0 Å². The molecule has 2 atom stereocenters. The zero-order valence-electron chi connectivity index (χ0n) is 46.6. The van der Waals surface area contributed by atoms with Crippen LogP contribution in [0.3, 0.4) is 0 Å². The van der Waals surface area contributed by atoms with Crippen molar-refractivity contribution in [1.82, 2.24) is 0 Å². The summed E-state index contributed by atoms with van der Waals surface area (Å²) in [5.41, 5.74) is -2.13. The standard InChI is InChI=1S/C44H58N2O22S6.7Na/c1-2-3-16-43(18-8-23-71(53,54)55)35-27-31(74(62,63)64)13-15-37(35)46(21-10-25-73(59,60)61)38(43)28-32-41(49)33(42(32)50)29-39-44(17-7-22-69-67-65-51,19-9-24-72(56,57)58)34-26-30(70-68-66-52)12-14-36(34)45(39)20-6-4-5-11-40(47)48;;;;;;;/h12-15,26-29H,2-11,16-25H2,1H3,(H7-,47,48,49,50,51,52,53,54,55,56,57,58,59,60,61,62,63,64);;;;;;;/q;7*+1/p-6/t43-,44+;;;;;;;/m1......./s1. The Morgan fingerprint density at radius 2 is 1.26 bits per heavy atom. The van der Waals surface area contributed by atoms with Crippen LogP contribution in [0.1, 0.15) is 108 Å². The summed E-state index contributed by atoms with van der Waals surface area (Å²) >= 11 is 1.17. The summed E-state index contributed by atoms with van der Waals surface area (Å²) < 4.78 is 156. The number of unbranched alkanes of at least 4 members (excludes halogenated alkanes) is 3. The first-order chi connectivity index (χ1) is 34.7. The molecule has 2 heterocycles. The molecule has 0 saturated carbocycles. The first kappa shape index (κ1) is 88.4. The number of benzene rings is 2. The number of anilines is 1. The van der Waals surface area contributed by atoms with Crippen LogP contribution in [0.4, 0.5) is 11.4 Å². The normalized spacial score (nSPS) is 18.5. The molecule has 0 unspecified atom stereocenters. The smallest absolute Gasteiger partial charge is 0.871 e. The maximum Gasteiger partial charge on any atom is 1.00 e. The molecule has 0 radical (unpaired) electrons. The van der Waals surface area contributed by atoms with Crippen LogP contribution in [0, 0.1) is 0 Å². The molecule has 0 fully saturated rings. The van der Waals surface area contributed by atoms with Gasteiger partial charge in [0, 0.05) is 105 Å². The third kappa shape index (κ3) is 25.3. The van der Waals surface area contributed by atoms with Gasteiger partial charge in [-0.25, -0.2) is 33.7 Å². The van der Waals surface area contributed by atoms with Gasteiger partial charge in [0.2, 0.25) is 5.69 Å². The fourth-order valence-electron chi connectivity index (χ4n) is 9.95. The molecule has 5 rings (SSSR count). The SMILES string of the molecule is CCCC[C@]1(CCCS(=O)(=O)[O-])C(=CC2=C([O-])C(=CC3=[N+](CCCCCC(=O)O)c4ccc(SOO[O-])cc4[C@]3(CCCSOO[O-])CCCS(=O)(=O)[O-])C2=O)N(CCCS(=O)(=O)[O-])c2ccc(S(=O)(=O)[O-])cc21.[Na+].[Na+].[Na+].[Na+].[Na+].[Na+].[Na+]. The minimum absolute atomic E-state index is 0. The summed E-state index contributed by atoms with van der Waals surface area (Å²) in [6, 6.07) is 8.10. The first-order valence-corrected chi connectivity index (χ1v) is 30.8. The van der Waals surface area contributed by atoms with Gasteiger partial charge in [-0.05, 0) is 106 Å². The third-order valence-electron chi connectivity index (χ3n) is 13.0. The molecule has 3 aliphatic rings. The monoisotopic (exact) mass is 1310 g/mol. The molecular formula is C44H52N2Na7O22S6+. The van der Waals surface area contributed by atoms with Gasteiger partial charge in [0.25, 0.3) is 0 Å². The number of allylic oxidation sites excluding steroid dienone is 5. The summed E-state index contributed by atoms with van der Waals surface area (Å²) in [7, 11) is -19.6. The van der Waals surface area contributed by atoms with Crippen LogP contribution in [0.15, 0.2) is 80.9 Å². The number of carboxylic acid groups (broad SMARTS) is 1. The number of carboxylic acids is 1. The summed E-state index contributed by atoms with van der Waals surface area (Å²) in [4.78, 5) is 27.2. The number of aliphatic carboxylic acids is 1. The topological polar surface area (TPSA) is 396 Å². The number of Topliss-reactive ketones (excluding diaryl/α,β-unsaturated/α-hetero) is 1. The molecule has 0 saturated heterocycles. The van der Waals surface area contributed by atoms with Crippen LogP contribution in [0.5, 0.6) is 0 Å². The molecule has 2 aromatic carbocycles. The molecule has 0 bridgehead atoms. The fraction of sp³-hybridized carbons (Fsp3) is 0.523. The first-order valence-electron chi connectivity index (χ1n) is 23.0. The molecule has 412 valence electrons. The molecular weight excluding hydrogens is 1260 g/mol. The van der Waals surface area contributed by atoms with E-state index >= 15 is 0 Å². The van der Waals surface area contributed by atoms with Crippen LogP contribution in [-0.2, 0) is 79.6 Å². The average Bonchev–Trinajstić information content (AvgIpc) is 3.70. The fourth-order valence-corrected chi connectivity index (χ4v) is 12.7. The second-order valence-electron chi connectivity index (χ2n) is 17.8. The van der Waals surface area contributed by atoms with Crippen LogP contribution in [0.25, 0.3) is 0 Å². The van der Waals surface area contributed by atoms with Gasteiger partial charge in [0.15, 0.2) is 11.5 Å². The maximum atomic E-state index is 14.7. The Kier molecular flexibility index (Phi) is 43.9. The van der Waals surface area contributed by atoms with Gasteiger partial charge in [0.1, 0.15) is 16.7 Å². The van der Waals surface area contributed by atoms with E-state index in [1.54, 1.807) is 29.7 Å². The summed E-state index contributed by atoms with van der Waals surface area (Å²) in [5.74, 6) is -5.25. The van der Waals surface area contributed by atoms with Crippen LogP contribution in [-0.4, -0.2) is 115 Å². The number of fused-ring (bicyclic) bond motifs is 2. The van der Waals surface area contributed by atoms with E-state index in [1.165, 1.54) is 23.1 Å². The number of nitrogens with zero attached hydrogens (tertiary/aromatic N) is 2. The van der Waals surface area contributed by atoms with Crippen molar-refractivity contribution >= 4 is 93.4 Å². The average molecular weight is 1310 g/mol. The maximum absolute atomic E-state index is 14.7. The Bertz CT molecular complexity index is 3030. The zero-order valence-corrected chi connectivity index (χ0v) is 65.5. The molecule has 81 heavy (non-hydrogen) atoms. The van der Waals surface area contributed by atoms with Crippen molar-refractivity contribution in [3.63, 3.8) is 0 Å². The molecule has 1 aliphatic carbocycles. The van der Waals surface area contributed by atoms with E-state index in [4.69, 9.17) is 0 Å². The second-order valence-corrected chi connectivity index (χ2v) is 25.3. The number of rotatable bonds is 33. The molecule has 0 aromatic heterocycles. The van der Waals surface area contributed by atoms with Gasteiger partial charge in [-0.3, -0.25) is 19.7 Å². The van der Waals surface area contributed by atoms with Crippen LogP contribution < -0.4 is 227 Å². The summed E-state index contributed by atoms with van der Waals surface area (Å²) in [5, 5.41) is 52.6. The molecule has 37 heteroatoms. The molecule has 2 aliphatic heterocycles. The third-order valence-corrected chi connectivity index (χ3v) is 17.4. The van der Waals surface area contributed by atoms with Crippen molar-refractivity contribution in [3.8, 4) is 0 Å². The number of ketones is 1. The second kappa shape index (κ2) is 40.2. The summed E-state index contributed by atoms with van der Waals surface area (Å²) in [6.07, 6.45) is 3.28. The minimum atomic E-state index is -5.14. The van der Waals surface area contributed by atoms with E-state index in [1.807, 2.05) is 0 Å². The van der Waals surface area contributed by atoms with Gasteiger partial charge in [0.05, 0.1) is 52.7 Å². The largest absolute Gasteiger partial charge is 1.00 e. The number of hydrogen-bond acceptors (Lipinski definition) is 24. The Balaban J connectivity index is -0.00000869. The van der Waals surface area contributed by atoms with Gasteiger partial charge >= 0.3 is 213 Å². The van der Waals surface area contributed by atoms with Gasteiger partial charge in [-0.1, -0.05) is 25.5 Å². The Morgan fingerprint density at radius 1 is 0.691 bits per heavy atom. The van der Waals surface area contributed by atoms with Crippen molar-refractivity contribution in [2.45, 2.75) is 117 Å². The Labute approximate surface area is 636 Å². The van der Waals surface area contributed by atoms with E-state index in [2.05, 4.69) is 18.7 Å². The molecule has 0 amide bonds. The molecule has 1 N–H and O–H groups in total. The van der Waals surface area contributed by atoms with Crippen molar-refractivity contribution in [1.29, 1.82) is 0 Å². The van der Waals surface area contributed by atoms with Gasteiger partial charge in [-0.15, -0.1) is 0 Å². The van der Waals surface area contributed by atoms with Crippen molar-refractivity contribution in [2.75, 3.05) is 41.0 Å². The van der Waals surface area contributed by atoms with Crippen molar-refractivity contribution in [3.05, 3.63) is 82.3 Å². The minimum Gasteiger partial charge on any atom is -0.871 e. The van der Waals surface area contributed by atoms with Crippen molar-refractivity contribution < 1.29 is 312 Å². The predicted molar refractivity (Wildman–Crippen MR) is 254 cm³/mol. The molecule has 0 spiro atoms. The summed E-state index contributed by atoms with van der Waals surface area (Å²) in [6.45, 7) is 1.65. The predicted octanol–water partition coefficient (Wildman–Crippen LogP) is -19.0. The van der Waals surface area contributed by atoms with Crippen LogP contribution in [0.2, 0.25) is 0 Å². The van der Waals surface area contributed by atoms with Gasteiger partial charge in [-0.2, -0.15) is 13.2 Å². The number of carbonyl (C=O) groups is 2. The van der Waals surface area contributed by atoms with E-state index in [0.717, 1.165) is 12.1 Å². The number of carbonyl (C=O) groups excluding carboxylic acids is 1. The number of hydrogen-bond donors (Lipinski definition) is 1. The van der Waals surface area contributed by atoms with Gasteiger partial charge < -0.3 is 43.8 Å². The van der Waals surface area contributed by atoms with E-state index in [9.17, 15) is 82.2 Å². The molecule has 24 nitrogen and oxygen atoms in total. The zero-order chi connectivity index (χ0) is 54.7. The van der Waals surface area contributed by atoms with Crippen LogP contribution >= 0.6 is 24.1 Å². The van der Waals surface area contributed by atoms with E-state index < -0.39 is 102 Å². The van der Waals surface area contributed by atoms with E-state index in [0.29, 0.717) is 65.9 Å². The molecule has 2 aromatic rings. The van der Waals surface area contributed by atoms with E-state index in [-0.39, 0.29) is 313 Å².